The zero-order valence-corrected chi connectivity index (χ0v) is 14.1. The molecule has 0 aliphatic rings. The summed E-state index contributed by atoms with van der Waals surface area (Å²) in [4.78, 5) is 12.1. The van der Waals surface area contributed by atoms with Gasteiger partial charge in [-0.15, -0.1) is 0 Å². The number of nitrogens with one attached hydrogen (secondary N) is 1. The number of anilines is 1. The number of hydrogen-bond donors (Lipinski definition) is 1. The van der Waals surface area contributed by atoms with Gasteiger partial charge < -0.3 is 14.8 Å². The fourth-order valence-electron chi connectivity index (χ4n) is 2.52. The maximum absolute atomic E-state index is 12.1. The van der Waals surface area contributed by atoms with Crippen LogP contribution in [-0.4, -0.2) is 19.1 Å². The second kappa shape index (κ2) is 7.68. The molecule has 2 aromatic carbocycles. The van der Waals surface area contributed by atoms with Crippen LogP contribution in [0.15, 0.2) is 36.4 Å². The zero-order valence-electron chi connectivity index (χ0n) is 14.1. The van der Waals surface area contributed by atoms with Gasteiger partial charge in [0.2, 0.25) is 0 Å². The molecule has 0 radical (unpaired) electrons. The van der Waals surface area contributed by atoms with Crippen molar-refractivity contribution in [2.45, 2.75) is 27.7 Å². The number of amides is 1. The van der Waals surface area contributed by atoms with Gasteiger partial charge in [0.25, 0.3) is 5.91 Å². The summed E-state index contributed by atoms with van der Waals surface area (Å²) in [5.74, 6) is 1.17. The van der Waals surface area contributed by atoms with Crippen LogP contribution in [0, 0.1) is 20.8 Å². The average Bonchev–Trinajstić information content (AvgIpc) is 2.49. The van der Waals surface area contributed by atoms with Crippen LogP contribution in [0.2, 0.25) is 0 Å². The molecular formula is C19H23NO3. The van der Waals surface area contributed by atoms with Crippen molar-refractivity contribution in [3.05, 3.63) is 53.1 Å². The summed E-state index contributed by atoms with van der Waals surface area (Å²) >= 11 is 0. The molecule has 23 heavy (non-hydrogen) atoms. The topological polar surface area (TPSA) is 47.6 Å². The molecule has 2 aromatic rings. The van der Waals surface area contributed by atoms with Gasteiger partial charge in [0.15, 0.2) is 6.61 Å². The van der Waals surface area contributed by atoms with Crippen LogP contribution in [-0.2, 0) is 4.79 Å². The fourth-order valence-corrected chi connectivity index (χ4v) is 2.52. The van der Waals surface area contributed by atoms with Gasteiger partial charge in [0.1, 0.15) is 11.5 Å². The minimum atomic E-state index is -0.179. The van der Waals surface area contributed by atoms with Gasteiger partial charge in [-0.05, 0) is 51.0 Å². The van der Waals surface area contributed by atoms with E-state index < -0.39 is 0 Å². The molecule has 0 aliphatic heterocycles. The first-order chi connectivity index (χ1) is 11.0. The zero-order chi connectivity index (χ0) is 16.8. The van der Waals surface area contributed by atoms with Crippen molar-refractivity contribution in [1.82, 2.24) is 0 Å². The van der Waals surface area contributed by atoms with Gasteiger partial charge in [0.05, 0.1) is 6.61 Å². The van der Waals surface area contributed by atoms with Crippen LogP contribution in [0.1, 0.15) is 23.6 Å². The lowest BCUT2D eigenvalue weighted by molar-refractivity contribution is -0.118. The molecule has 0 saturated heterocycles. The number of rotatable bonds is 6. The molecule has 0 bridgehead atoms. The third-order valence-corrected chi connectivity index (χ3v) is 3.43. The number of benzene rings is 2. The molecule has 0 saturated carbocycles. The van der Waals surface area contributed by atoms with Gasteiger partial charge in [-0.1, -0.05) is 23.8 Å². The number of ether oxygens (including phenoxy) is 2. The fraction of sp³-hybridized carbons (Fsp3) is 0.316. The van der Waals surface area contributed by atoms with Crippen molar-refractivity contribution in [3.8, 4) is 11.5 Å². The number of hydrogen-bond acceptors (Lipinski definition) is 3. The quantitative estimate of drug-likeness (QED) is 0.876. The smallest absolute Gasteiger partial charge is 0.262 e. The Balaban J connectivity index is 1.97. The predicted octanol–water partition coefficient (Wildman–Crippen LogP) is 4.03. The first kappa shape index (κ1) is 16.9. The molecule has 0 aromatic heterocycles. The van der Waals surface area contributed by atoms with E-state index in [1.54, 1.807) is 12.1 Å². The Hall–Kier alpha value is -2.49. The molecule has 0 unspecified atom stereocenters. The Labute approximate surface area is 137 Å². The van der Waals surface area contributed by atoms with Crippen molar-refractivity contribution in [2.24, 2.45) is 0 Å². The Morgan fingerprint density at radius 1 is 1.00 bits per heavy atom. The van der Waals surface area contributed by atoms with Gasteiger partial charge in [-0.25, -0.2) is 0 Å². The first-order valence-electron chi connectivity index (χ1n) is 7.73. The highest BCUT2D eigenvalue weighted by Crippen LogP contribution is 2.22. The minimum absolute atomic E-state index is 0.0394. The molecule has 2 rings (SSSR count). The van der Waals surface area contributed by atoms with Crippen molar-refractivity contribution in [2.75, 3.05) is 18.5 Å². The third kappa shape index (κ3) is 4.74. The molecule has 4 nitrogen and oxygen atoms in total. The van der Waals surface area contributed by atoms with Gasteiger partial charge in [-0.2, -0.15) is 0 Å². The lowest BCUT2D eigenvalue weighted by Crippen LogP contribution is -2.21. The van der Waals surface area contributed by atoms with E-state index in [0.29, 0.717) is 12.4 Å². The molecule has 122 valence electrons. The summed E-state index contributed by atoms with van der Waals surface area (Å²) < 4.78 is 10.9. The lowest BCUT2D eigenvalue weighted by Gasteiger charge is -2.13. The van der Waals surface area contributed by atoms with E-state index in [1.807, 2.05) is 39.8 Å². The van der Waals surface area contributed by atoms with Crippen LogP contribution in [0.4, 0.5) is 5.69 Å². The highest BCUT2D eigenvalue weighted by atomic mass is 16.5. The second-order valence-electron chi connectivity index (χ2n) is 5.52. The number of carbonyl (C=O) groups excluding carboxylic acids is 1. The van der Waals surface area contributed by atoms with Crippen LogP contribution < -0.4 is 14.8 Å². The molecule has 0 atom stereocenters. The molecule has 1 N–H and O–H groups in total. The predicted molar refractivity (Wildman–Crippen MR) is 92.4 cm³/mol. The molecule has 0 spiro atoms. The molecule has 0 fully saturated rings. The minimum Gasteiger partial charge on any atom is -0.494 e. The van der Waals surface area contributed by atoms with E-state index in [1.165, 1.54) is 5.56 Å². The van der Waals surface area contributed by atoms with Crippen LogP contribution in [0.3, 0.4) is 0 Å². The van der Waals surface area contributed by atoms with E-state index >= 15 is 0 Å². The standard InChI is InChI=1S/C19H23NO3/c1-5-22-16-7-6-8-17(11-16)23-12-18(21)20-19-14(3)9-13(2)10-15(19)4/h6-11H,5,12H2,1-4H3,(H,20,21). The normalized spacial score (nSPS) is 10.3. The lowest BCUT2D eigenvalue weighted by atomic mass is 10.1. The summed E-state index contributed by atoms with van der Waals surface area (Å²) in [5.41, 5.74) is 4.14. The van der Waals surface area contributed by atoms with Crippen molar-refractivity contribution >= 4 is 11.6 Å². The highest BCUT2D eigenvalue weighted by Gasteiger charge is 2.09. The molecule has 1 amide bonds. The molecule has 0 heterocycles. The molecular weight excluding hydrogens is 290 g/mol. The van der Waals surface area contributed by atoms with Gasteiger partial charge in [-0.3, -0.25) is 4.79 Å². The highest BCUT2D eigenvalue weighted by molar-refractivity contribution is 5.93. The summed E-state index contributed by atoms with van der Waals surface area (Å²) in [5, 5.41) is 2.92. The molecule has 0 aliphatic carbocycles. The Kier molecular flexibility index (Phi) is 5.63. The van der Waals surface area contributed by atoms with E-state index in [9.17, 15) is 4.79 Å². The SMILES string of the molecule is CCOc1cccc(OCC(=O)Nc2c(C)cc(C)cc2C)c1. The van der Waals surface area contributed by atoms with E-state index in [2.05, 4.69) is 17.4 Å². The van der Waals surface area contributed by atoms with E-state index in [-0.39, 0.29) is 12.5 Å². The largest absolute Gasteiger partial charge is 0.494 e. The van der Waals surface area contributed by atoms with Crippen molar-refractivity contribution in [1.29, 1.82) is 0 Å². The summed E-state index contributed by atoms with van der Waals surface area (Å²) in [6, 6.07) is 11.4. The maximum Gasteiger partial charge on any atom is 0.262 e. The Bertz CT molecular complexity index is 672. The van der Waals surface area contributed by atoms with Gasteiger partial charge >= 0.3 is 0 Å². The molecule has 4 heteroatoms. The van der Waals surface area contributed by atoms with Crippen LogP contribution in [0.25, 0.3) is 0 Å². The van der Waals surface area contributed by atoms with E-state index in [0.717, 1.165) is 22.6 Å². The van der Waals surface area contributed by atoms with Crippen LogP contribution in [0.5, 0.6) is 11.5 Å². The average molecular weight is 313 g/mol. The Morgan fingerprint density at radius 3 is 2.22 bits per heavy atom. The third-order valence-electron chi connectivity index (χ3n) is 3.43. The van der Waals surface area contributed by atoms with Crippen molar-refractivity contribution < 1.29 is 14.3 Å². The van der Waals surface area contributed by atoms with Gasteiger partial charge in [0, 0.05) is 11.8 Å². The number of carbonyl (C=O) groups is 1. The Morgan fingerprint density at radius 2 is 1.61 bits per heavy atom. The van der Waals surface area contributed by atoms with Crippen LogP contribution >= 0.6 is 0 Å². The van der Waals surface area contributed by atoms with E-state index in [4.69, 9.17) is 9.47 Å². The van der Waals surface area contributed by atoms with Crippen molar-refractivity contribution in [3.63, 3.8) is 0 Å². The summed E-state index contributed by atoms with van der Waals surface area (Å²) in [7, 11) is 0. The summed E-state index contributed by atoms with van der Waals surface area (Å²) in [6.07, 6.45) is 0. The second-order valence-corrected chi connectivity index (χ2v) is 5.52. The first-order valence-corrected chi connectivity index (χ1v) is 7.73. The summed E-state index contributed by atoms with van der Waals surface area (Å²) in [6.45, 7) is 8.50. The monoisotopic (exact) mass is 313 g/mol. The maximum atomic E-state index is 12.1. The number of aryl methyl sites for hydroxylation is 3.